The van der Waals surface area contributed by atoms with E-state index in [0.717, 1.165) is 77.6 Å². The number of anilines is 9. The van der Waals surface area contributed by atoms with Gasteiger partial charge in [-0.3, -0.25) is 0 Å². The zero-order valence-electron chi connectivity index (χ0n) is 52.6. The lowest BCUT2D eigenvalue weighted by molar-refractivity contribution is 0.723. The molecule has 0 saturated heterocycles. The maximum Gasteiger partial charge on any atom is 0.0556 e. The van der Waals surface area contributed by atoms with Gasteiger partial charge in [-0.15, -0.1) is 0 Å². The Balaban J connectivity index is 0.624. The van der Waals surface area contributed by atoms with Crippen LogP contribution >= 0.6 is 0 Å². The molecule has 1 unspecified atom stereocenters. The Kier molecular flexibility index (Phi) is 17.1. The summed E-state index contributed by atoms with van der Waals surface area (Å²) in [6.45, 7) is 0. The van der Waals surface area contributed by atoms with E-state index in [2.05, 4.69) is 390 Å². The molecule has 0 N–H and O–H groups in total. The molecule has 0 fully saturated rings. The summed E-state index contributed by atoms with van der Waals surface area (Å²) >= 11 is 0. The van der Waals surface area contributed by atoms with E-state index in [4.69, 9.17) is 0 Å². The van der Waals surface area contributed by atoms with Crippen molar-refractivity contribution in [2.24, 2.45) is 0 Å². The van der Waals surface area contributed by atoms with Gasteiger partial charge in [-0.1, -0.05) is 249 Å². The van der Waals surface area contributed by atoms with E-state index in [9.17, 15) is 0 Å². The van der Waals surface area contributed by atoms with Gasteiger partial charge in [0.2, 0.25) is 0 Å². The van der Waals surface area contributed by atoms with Gasteiger partial charge in [0, 0.05) is 62.6 Å². The van der Waals surface area contributed by atoms with Gasteiger partial charge < -0.3 is 19.6 Å². The molecule has 4 nitrogen and oxygen atoms in total. The van der Waals surface area contributed by atoms with Crippen LogP contribution in [0.15, 0.2) is 382 Å². The zero-order valence-corrected chi connectivity index (χ0v) is 52.6. The fourth-order valence-electron chi connectivity index (χ4n) is 13.5. The summed E-state index contributed by atoms with van der Waals surface area (Å²) < 4.78 is 0. The summed E-state index contributed by atoms with van der Waals surface area (Å²) in [4.78, 5) is 9.64. The number of benzene rings is 12. The Bertz CT molecular complexity index is 4700. The maximum absolute atomic E-state index is 2.55. The van der Waals surface area contributed by atoms with Crippen LogP contribution in [-0.4, -0.2) is 6.04 Å². The quantitative estimate of drug-likeness (QED) is 0.0849. The number of rotatable bonds is 18. The highest BCUT2D eigenvalue weighted by Crippen LogP contribution is 2.42. The minimum Gasteiger partial charge on any atom is -0.338 e. The van der Waals surface area contributed by atoms with Gasteiger partial charge in [-0.25, -0.2) is 0 Å². The Morgan fingerprint density at radius 1 is 0.223 bits per heavy atom. The van der Waals surface area contributed by atoms with E-state index < -0.39 is 0 Å². The van der Waals surface area contributed by atoms with Crippen molar-refractivity contribution in [1.82, 2.24) is 0 Å². The summed E-state index contributed by atoms with van der Waals surface area (Å²) in [6, 6.07) is 115. The van der Waals surface area contributed by atoms with Crippen LogP contribution in [0.3, 0.4) is 0 Å². The second-order valence-corrected chi connectivity index (χ2v) is 24.3. The highest BCUT2D eigenvalue weighted by atomic mass is 15.2. The molecule has 1 atom stereocenters. The molecule has 94 heavy (non-hydrogen) atoms. The van der Waals surface area contributed by atoms with Crippen molar-refractivity contribution >= 4 is 56.8 Å². The first-order chi connectivity index (χ1) is 46.6. The third-order valence-corrected chi connectivity index (χ3v) is 18.4. The van der Waals surface area contributed by atoms with Crippen LogP contribution in [0.5, 0.6) is 0 Å². The fourth-order valence-corrected chi connectivity index (χ4v) is 13.5. The molecule has 3 aliphatic rings. The molecular formula is C90H72N4. The predicted octanol–water partition coefficient (Wildman–Crippen LogP) is 24.8. The van der Waals surface area contributed by atoms with Crippen LogP contribution in [0.4, 0.5) is 51.2 Å². The van der Waals surface area contributed by atoms with Crippen LogP contribution in [0.2, 0.25) is 0 Å². The van der Waals surface area contributed by atoms with Crippen LogP contribution in [0.25, 0.3) is 61.2 Å². The van der Waals surface area contributed by atoms with E-state index in [1.165, 1.54) is 83.9 Å². The van der Waals surface area contributed by atoms with E-state index in [-0.39, 0.29) is 6.04 Å². The molecule has 0 aromatic heterocycles. The first-order valence-electron chi connectivity index (χ1n) is 32.9. The number of para-hydroxylation sites is 2. The molecule has 0 radical (unpaired) electrons. The van der Waals surface area contributed by atoms with Gasteiger partial charge in [0.15, 0.2) is 0 Å². The summed E-state index contributed by atoms with van der Waals surface area (Å²) in [5.41, 5.74) is 27.4. The molecule has 4 heteroatoms. The molecular weight excluding hydrogens is 1140 g/mol. The van der Waals surface area contributed by atoms with Crippen molar-refractivity contribution in [1.29, 1.82) is 0 Å². The topological polar surface area (TPSA) is 13.0 Å². The van der Waals surface area contributed by atoms with Crippen LogP contribution in [-0.2, 0) is 0 Å². The second kappa shape index (κ2) is 27.4. The Morgan fingerprint density at radius 3 is 0.894 bits per heavy atom. The lowest BCUT2D eigenvalue weighted by atomic mass is 9.93. The van der Waals surface area contributed by atoms with E-state index in [1.54, 1.807) is 0 Å². The van der Waals surface area contributed by atoms with Gasteiger partial charge in [-0.2, -0.15) is 0 Å². The van der Waals surface area contributed by atoms with Crippen LogP contribution in [0.1, 0.15) is 37.7 Å². The van der Waals surface area contributed by atoms with Crippen molar-refractivity contribution in [2.45, 2.75) is 38.1 Å². The normalized spacial score (nSPS) is 14.1. The van der Waals surface area contributed by atoms with Gasteiger partial charge in [0.1, 0.15) is 0 Å². The number of nitrogens with zero attached hydrogens (tertiary/aromatic N) is 4. The van der Waals surface area contributed by atoms with Crippen molar-refractivity contribution in [2.75, 3.05) is 19.6 Å². The smallest absolute Gasteiger partial charge is 0.0556 e. The highest BCUT2D eigenvalue weighted by Gasteiger charge is 2.24. The van der Waals surface area contributed by atoms with E-state index >= 15 is 0 Å². The average molecular weight is 1210 g/mol. The van der Waals surface area contributed by atoms with Gasteiger partial charge in [-0.05, 0) is 220 Å². The van der Waals surface area contributed by atoms with Crippen LogP contribution in [0, 0.1) is 0 Å². The summed E-state index contributed by atoms with van der Waals surface area (Å²) in [5.74, 6) is 0. The summed E-state index contributed by atoms with van der Waals surface area (Å²) in [7, 11) is 0. The van der Waals surface area contributed by atoms with Gasteiger partial charge in [0.25, 0.3) is 0 Å². The molecule has 0 aliphatic heterocycles. The Morgan fingerprint density at radius 2 is 0.553 bits per heavy atom. The summed E-state index contributed by atoms with van der Waals surface area (Å²) in [6.07, 6.45) is 25.3. The van der Waals surface area contributed by atoms with Gasteiger partial charge >= 0.3 is 0 Å². The molecule has 0 saturated carbocycles. The maximum atomic E-state index is 2.55. The molecule has 452 valence electrons. The minimum atomic E-state index is 0.237. The van der Waals surface area contributed by atoms with Crippen molar-refractivity contribution < 1.29 is 0 Å². The molecule has 0 spiro atoms. The van der Waals surface area contributed by atoms with E-state index in [1.807, 2.05) is 0 Å². The van der Waals surface area contributed by atoms with Crippen molar-refractivity contribution in [3.05, 3.63) is 387 Å². The molecule has 15 rings (SSSR count). The number of allylic oxidation sites excluding steroid dienone is 10. The largest absolute Gasteiger partial charge is 0.338 e. The lowest BCUT2D eigenvalue weighted by Crippen LogP contribution is -2.34. The Hall–Kier alpha value is -11.7. The lowest BCUT2D eigenvalue weighted by Gasteiger charge is -2.36. The number of hydrogen-bond acceptors (Lipinski definition) is 4. The first kappa shape index (κ1) is 58.6. The second-order valence-electron chi connectivity index (χ2n) is 24.3. The molecule has 12 aromatic carbocycles. The average Bonchev–Trinajstić information content (AvgIpc) is 0.939. The first-order valence-corrected chi connectivity index (χ1v) is 32.9. The standard InChI is InChI=1S/C90H72N4/c1-7-19-67(20-8-1)71-35-51-83(52-36-71)91(79-23-11-3-12-24-79)87-59-43-75(44-60-87)77-47-63-89(64-48-77)93(81-27-15-5-16-28-81)85-55-39-73(40-56-85)69-31-33-70(34-32-69)74-41-57-86(58-42-74)94(82-29-17-6-18-30-82)90-65-49-78(50-66-90)76-45-61-88(62-46-76)92(80-25-13-4-14-26-80)84-53-37-72(38-54-84)68-21-9-2-10-22-68/h1-17,19-27,29,31-47,49-63,65-66,81H,18,28,30,48,64H2. The molecule has 0 bridgehead atoms. The third-order valence-electron chi connectivity index (χ3n) is 18.4. The monoisotopic (exact) mass is 1210 g/mol. The molecule has 0 heterocycles. The van der Waals surface area contributed by atoms with Crippen LogP contribution < -0.4 is 19.6 Å². The van der Waals surface area contributed by atoms with Gasteiger partial charge in [0.05, 0.1) is 6.04 Å². The predicted molar refractivity (Wildman–Crippen MR) is 399 cm³/mol. The zero-order chi connectivity index (χ0) is 62.8. The Labute approximate surface area is 554 Å². The SMILES string of the molecule is C1=CCCC(N(c2ccc(-c3ccc(-c4ccc(N(C5=CC=C(c6ccc(N(c7ccccc7)c7ccc(-c8ccccc8)cc7)cc6)CC5)C5C=CC=CC5)cc4)cc3)cc2)c2ccc(-c3ccc(N(c4ccccc4)c4ccc(-c5ccccc5)cc4)cc3)cc2)=C1. The molecule has 3 aliphatic carbocycles. The highest BCUT2D eigenvalue weighted by molar-refractivity contribution is 5.84. The van der Waals surface area contributed by atoms with Crippen molar-refractivity contribution in [3.63, 3.8) is 0 Å². The van der Waals surface area contributed by atoms with E-state index in [0.29, 0.717) is 0 Å². The fraction of sp³-hybridized carbons (Fsp3) is 0.0667. The minimum absolute atomic E-state index is 0.237. The number of hydrogen-bond donors (Lipinski definition) is 0. The third kappa shape index (κ3) is 12.8. The molecule has 12 aromatic rings. The van der Waals surface area contributed by atoms with Crippen molar-refractivity contribution in [3.8, 4) is 55.6 Å². The summed E-state index contributed by atoms with van der Waals surface area (Å²) in [5, 5.41) is 0. The molecule has 0 amide bonds.